The molecule has 1 N–H and O–H groups in total. The van der Waals surface area contributed by atoms with Crippen molar-refractivity contribution in [1.82, 2.24) is 0 Å². The van der Waals surface area contributed by atoms with Gasteiger partial charge >= 0.3 is 17.9 Å². The lowest BCUT2D eigenvalue weighted by Gasteiger charge is -2.31. The van der Waals surface area contributed by atoms with E-state index >= 15 is 0 Å². The van der Waals surface area contributed by atoms with Crippen LogP contribution in [0.1, 0.15) is 168 Å². The van der Waals surface area contributed by atoms with Crippen molar-refractivity contribution in [1.29, 1.82) is 0 Å². The van der Waals surface area contributed by atoms with Crippen LogP contribution in [0.5, 0.6) is 0 Å². The molecular formula is C51H86NO7+. The highest BCUT2D eigenvalue weighted by Gasteiger charge is 2.31. The summed E-state index contributed by atoms with van der Waals surface area (Å²) in [6.45, 7) is 4.45. The molecule has 0 amide bonds. The van der Waals surface area contributed by atoms with Gasteiger partial charge in [0.1, 0.15) is 6.61 Å². The Morgan fingerprint density at radius 1 is 0.525 bits per heavy atom. The van der Waals surface area contributed by atoms with Crippen LogP contribution in [0, 0.1) is 0 Å². The van der Waals surface area contributed by atoms with E-state index in [4.69, 9.17) is 14.2 Å². The van der Waals surface area contributed by atoms with E-state index in [1.54, 1.807) is 0 Å². The summed E-state index contributed by atoms with van der Waals surface area (Å²) < 4.78 is 17.3. The molecule has 59 heavy (non-hydrogen) atoms. The SMILES string of the molecule is CC/C=C/C=C/C=C/C=C/CCCCCCCC(=O)OCC(COCCC(C(=O)O)[N+](C)(C)C)OC(=O)CCCCCCCCCCCC/C=C/C/C=C/C/C=C/CC. The van der Waals surface area contributed by atoms with Crippen molar-refractivity contribution in [3.05, 3.63) is 85.1 Å². The monoisotopic (exact) mass is 825 g/mol. The molecule has 0 aliphatic carbocycles. The molecule has 0 aromatic heterocycles. The average molecular weight is 825 g/mol. The standard InChI is InChI=1S/C51H85NO7/c1-6-8-10-12-14-16-18-20-22-23-24-25-26-28-30-32-34-36-38-40-42-50(54)59-47(45-57-44-43-48(51(55)56)52(3,4)5)46-58-49(53)41-39-37-35-33-31-29-27-21-19-17-15-13-11-9-7-2/h8-11,13-17,19-22,27,47-48H,6-7,12,18,23-26,28-46H2,1-5H3/p+1/b10-8+,11-9+,15-13+,16-14+,19-17+,22-20+,27-21+. The quantitative estimate of drug-likeness (QED) is 0.0216. The molecule has 8 nitrogen and oxygen atoms in total. The van der Waals surface area contributed by atoms with Crippen LogP contribution in [0.4, 0.5) is 0 Å². The van der Waals surface area contributed by atoms with E-state index in [1.807, 2.05) is 45.4 Å². The highest BCUT2D eigenvalue weighted by atomic mass is 16.6. The first-order valence-corrected chi connectivity index (χ1v) is 23.2. The molecule has 0 aliphatic heterocycles. The number of hydrogen-bond acceptors (Lipinski definition) is 6. The summed E-state index contributed by atoms with van der Waals surface area (Å²) in [5, 5.41) is 9.63. The minimum absolute atomic E-state index is 0.0471. The summed E-state index contributed by atoms with van der Waals surface area (Å²) >= 11 is 0. The van der Waals surface area contributed by atoms with Gasteiger partial charge in [0, 0.05) is 19.3 Å². The number of carbonyl (C=O) groups excluding carboxylic acids is 2. The highest BCUT2D eigenvalue weighted by Crippen LogP contribution is 2.14. The molecule has 0 aromatic carbocycles. The van der Waals surface area contributed by atoms with Gasteiger partial charge in [-0.3, -0.25) is 9.59 Å². The lowest BCUT2D eigenvalue weighted by Crippen LogP contribution is -2.50. The van der Waals surface area contributed by atoms with Gasteiger partial charge in [0.15, 0.2) is 12.1 Å². The Bertz CT molecular complexity index is 1240. The Hall–Kier alpha value is -3.49. The van der Waals surface area contributed by atoms with Crippen molar-refractivity contribution in [3.8, 4) is 0 Å². The normalized spacial score (nSPS) is 13.7. The van der Waals surface area contributed by atoms with Crippen molar-refractivity contribution in [2.24, 2.45) is 0 Å². The van der Waals surface area contributed by atoms with Gasteiger partial charge in [0.2, 0.25) is 0 Å². The van der Waals surface area contributed by atoms with Crippen LogP contribution < -0.4 is 0 Å². The number of esters is 2. The molecule has 336 valence electrons. The molecule has 0 bridgehead atoms. The second-order valence-electron chi connectivity index (χ2n) is 16.3. The summed E-state index contributed by atoms with van der Waals surface area (Å²) in [4.78, 5) is 37.0. The zero-order valence-electron chi connectivity index (χ0n) is 38.2. The van der Waals surface area contributed by atoms with E-state index in [-0.39, 0.29) is 36.2 Å². The fourth-order valence-corrected chi connectivity index (χ4v) is 6.35. The number of nitrogens with zero attached hydrogens (tertiary/aromatic N) is 1. The first-order chi connectivity index (χ1) is 28.6. The molecule has 0 rings (SSSR count). The van der Waals surface area contributed by atoms with Crippen LogP contribution in [0.2, 0.25) is 0 Å². The zero-order chi connectivity index (χ0) is 43.5. The topological polar surface area (TPSA) is 99.1 Å². The lowest BCUT2D eigenvalue weighted by atomic mass is 10.0. The van der Waals surface area contributed by atoms with Crippen LogP contribution >= 0.6 is 0 Å². The van der Waals surface area contributed by atoms with Gasteiger partial charge in [-0.2, -0.15) is 0 Å². The summed E-state index contributed by atoms with van der Waals surface area (Å²) in [6.07, 6.45) is 53.4. The number of aliphatic carboxylic acids is 1. The molecule has 0 saturated heterocycles. The van der Waals surface area contributed by atoms with Gasteiger partial charge in [-0.25, -0.2) is 4.79 Å². The predicted molar refractivity (Wildman–Crippen MR) is 247 cm³/mol. The van der Waals surface area contributed by atoms with Gasteiger partial charge in [0.25, 0.3) is 0 Å². The molecule has 2 atom stereocenters. The fraction of sp³-hybridized carbons (Fsp3) is 0.667. The second kappa shape index (κ2) is 41.3. The third-order valence-corrected chi connectivity index (χ3v) is 9.88. The highest BCUT2D eigenvalue weighted by molar-refractivity contribution is 5.72. The van der Waals surface area contributed by atoms with E-state index in [9.17, 15) is 19.5 Å². The summed E-state index contributed by atoms with van der Waals surface area (Å²) in [5.74, 6) is -1.51. The number of rotatable bonds is 40. The van der Waals surface area contributed by atoms with E-state index in [0.29, 0.717) is 19.3 Å². The number of unbranched alkanes of at least 4 members (excludes halogenated alkanes) is 15. The number of carbonyl (C=O) groups is 3. The van der Waals surface area contributed by atoms with E-state index in [1.165, 1.54) is 51.4 Å². The van der Waals surface area contributed by atoms with Crippen LogP contribution in [0.25, 0.3) is 0 Å². The van der Waals surface area contributed by atoms with E-state index in [0.717, 1.165) is 83.5 Å². The lowest BCUT2D eigenvalue weighted by molar-refractivity contribution is -0.887. The van der Waals surface area contributed by atoms with Gasteiger partial charge in [-0.05, 0) is 64.2 Å². The molecule has 0 radical (unpaired) electrons. The van der Waals surface area contributed by atoms with Crippen LogP contribution in [0.3, 0.4) is 0 Å². The molecule has 0 fully saturated rings. The molecule has 0 heterocycles. The number of carboxylic acid groups (broad SMARTS) is 1. The Morgan fingerprint density at radius 2 is 0.983 bits per heavy atom. The van der Waals surface area contributed by atoms with Gasteiger partial charge in [-0.15, -0.1) is 0 Å². The molecule has 2 unspecified atom stereocenters. The number of likely N-dealkylation sites (N-methyl/N-ethyl adjacent to an activating group) is 1. The Kier molecular flexibility index (Phi) is 38.8. The summed E-state index contributed by atoms with van der Waals surface area (Å²) in [5.41, 5.74) is 0. The molecule has 0 spiro atoms. The van der Waals surface area contributed by atoms with E-state index in [2.05, 4.69) is 74.6 Å². The van der Waals surface area contributed by atoms with Crippen molar-refractivity contribution in [2.45, 2.75) is 180 Å². The molecule has 8 heteroatoms. The molecule has 0 aliphatic rings. The van der Waals surface area contributed by atoms with Gasteiger partial charge in [0.05, 0.1) is 34.4 Å². The summed E-state index contributed by atoms with van der Waals surface area (Å²) in [7, 11) is 5.51. The molecular weight excluding hydrogens is 739 g/mol. The smallest absolute Gasteiger partial charge is 0.362 e. The Labute approximate surface area is 361 Å². The maximum atomic E-state index is 12.8. The van der Waals surface area contributed by atoms with E-state index < -0.39 is 18.1 Å². The maximum Gasteiger partial charge on any atom is 0.362 e. The molecule has 0 aromatic rings. The maximum absolute atomic E-state index is 12.8. The minimum atomic E-state index is -0.883. The van der Waals surface area contributed by atoms with Crippen molar-refractivity contribution < 1.29 is 38.2 Å². The second-order valence-corrected chi connectivity index (χ2v) is 16.3. The number of quaternary nitrogens is 1. The summed E-state index contributed by atoms with van der Waals surface area (Å²) in [6, 6.07) is -0.623. The number of ether oxygens (including phenoxy) is 3. The molecule has 0 saturated carbocycles. The third-order valence-electron chi connectivity index (χ3n) is 9.88. The fourth-order valence-electron chi connectivity index (χ4n) is 6.35. The Balaban J connectivity index is 4.34. The van der Waals surface area contributed by atoms with Gasteiger partial charge in [-0.1, -0.05) is 170 Å². The van der Waals surface area contributed by atoms with Crippen molar-refractivity contribution >= 4 is 17.9 Å². The predicted octanol–water partition coefficient (Wildman–Crippen LogP) is 12.9. The van der Waals surface area contributed by atoms with Crippen LogP contribution in [-0.2, 0) is 28.6 Å². The van der Waals surface area contributed by atoms with Crippen molar-refractivity contribution in [3.63, 3.8) is 0 Å². The average Bonchev–Trinajstić information content (AvgIpc) is 3.19. The number of carboxylic acids is 1. The van der Waals surface area contributed by atoms with Gasteiger partial charge < -0.3 is 23.8 Å². The first kappa shape index (κ1) is 55.5. The van der Waals surface area contributed by atoms with Crippen LogP contribution in [-0.4, -0.2) is 80.6 Å². The van der Waals surface area contributed by atoms with Crippen LogP contribution in [0.15, 0.2) is 85.1 Å². The first-order valence-electron chi connectivity index (χ1n) is 23.2. The van der Waals surface area contributed by atoms with Crippen molar-refractivity contribution in [2.75, 3.05) is 41.0 Å². The minimum Gasteiger partial charge on any atom is -0.477 e. The number of allylic oxidation sites excluding steroid dienone is 14. The third kappa shape index (κ3) is 39.7. The number of hydrogen-bond donors (Lipinski definition) is 1. The Morgan fingerprint density at radius 3 is 1.53 bits per heavy atom. The zero-order valence-corrected chi connectivity index (χ0v) is 38.2. The largest absolute Gasteiger partial charge is 0.477 e.